The average Bonchev–Trinajstić information content (AvgIpc) is 2.89. The van der Waals surface area contributed by atoms with Crippen LogP contribution in [-0.4, -0.2) is 42.1 Å². The monoisotopic (exact) mass is 510 g/mol. The van der Waals surface area contributed by atoms with Crippen molar-refractivity contribution in [2.75, 3.05) is 13.1 Å². The summed E-state index contributed by atoms with van der Waals surface area (Å²) in [6, 6.07) is 15.4. The quantitative estimate of drug-likeness (QED) is 0.362. The van der Waals surface area contributed by atoms with Crippen LogP contribution < -0.4 is 15.4 Å². The van der Waals surface area contributed by atoms with Crippen molar-refractivity contribution in [3.63, 3.8) is 0 Å². The number of halogens is 2. The molecule has 0 aliphatic heterocycles. The van der Waals surface area contributed by atoms with Gasteiger partial charge in [-0.3, -0.25) is 14.4 Å². The molecule has 1 fully saturated rings. The number of nitrogens with one attached hydrogen (secondary N) is 2. The predicted molar refractivity (Wildman–Crippen MR) is 134 cm³/mol. The Morgan fingerprint density at radius 3 is 2.22 bits per heavy atom. The van der Waals surface area contributed by atoms with E-state index in [1.54, 1.807) is 12.1 Å². The average molecular weight is 511 g/mol. The minimum Gasteiger partial charge on any atom is -0.487 e. The number of fused-ring (bicyclic) bond motifs is 1. The van der Waals surface area contributed by atoms with Crippen LogP contribution in [0.15, 0.2) is 54.6 Å². The maximum Gasteiger partial charge on any atom is 0.303 e. The molecular weight excluding hydrogens is 482 g/mol. The fraction of sp³-hybridized carbons (Fsp3) is 0.321. The van der Waals surface area contributed by atoms with Gasteiger partial charge in [0.05, 0.1) is 11.7 Å². The highest BCUT2D eigenvalue weighted by Gasteiger charge is 2.26. The summed E-state index contributed by atoms with van der Waals surface area (Å²) in [6.07, 6.45) is 2.12. The van der Waals surface area contributed by atoms with Crippen molar-refractivity contribution in [3.8, 4) is 5.75 Å². The molecule has 4 rings (SSSR count). The maximum absolute atomic E-state index is 14.6. The highest BCUT2D eigenvalue weighted by atomic mass is 19.2. The molecule has 0 saturated heterocycles. The van der Waals surface area contributed by atoms with Crippen LogP contribution in [0.3, 0.4) is 0 Å². The van der Waals surface area contributed by atoms with E-state index in [1.807, 2.05) is 30.3 Å². The van der Waals surface area contributed by atoms with Crippen LogP contribution in [0.4, 0.5) is 8.78 Å². The van der Waals surface area contributed by atoms with E-state index >= 15 is 0 Å². The van der Waals surface area contributed by atoms with Gasteiger partial charge in [-0.1, -0.05) is 30.3 Å². The topological polar surface area (TPSA) is 105 Å². The van der Waals surface area contributed by atoms with E-state index in [-0.39, 0.29) is 43.2 Å². The minimum absolute atomic E-state index is 0.0248. The number of rotatable bonds is 9. The summed E-state index contributed by atoms with van der Waals surface area (Å²) >= 11 is 0. The Morgan fingerprint density at radius 1 is 0.838 bits per heavy atom. The lowest BCUT2D eigenvalue weighted by Gasteiger charge is -2.28. The molecule has 0 unspecified atom stereocenters. The largest absolute Gasteiger partial charge is 0.487 e. The van der Waals surface area contributed by atoms with Crippen molar-refractivity contribution in [2.45, 2.75) is 38.2 Å². The molecule has 194 valence electrons. The summed E-state index contributed by atoms with van der Waals surface area (Å²) in [4.78, 5) is 35.6. The number of carboxylic acid groups (broad SMARTS) is 1. The van der Waals surface area contributed by atoms with E-state index < -0.39 is 29.1 Å². The van der Waals surface area contributed by atoms with E-state index in [2.05, 4.69) is 10.6 Å². The third kappa shape index (κ3) is 6.61. The molecule has 0 aromatic heterocycles. The number of hydrogen-bond donors (Lipinski definition) is 3. The molecule has 0 heterocycles. The second-order valence-electron chi connectivity index (χ2n) is 9.17. The third-order valence-electron chi connectivity index (χ3n) is 6.55. The van der Waals surface area contributed by atoms with Gasteiger partial charge in [0.25, 0.3) is 11.8 Å². The van der Waals surface area contributed by atoms with Gasteiger partial charge in [0.2, 0.25) is 5.82 Å². The van der Waals surface area contributed by atoms with E-state index in [0.717, 1.165) is 16.8 Å². The number of aliphatic carboxylic acids is 1. The van der Waals surface area contributed by atoms with Gasteiger partial charge in [-0.25, -0.2) is 4.39 Å². The van der Waals surface area contributed by atoms with E-state index in [0.29, 0.717) is 31.2 Å². The molecule has 37 heavy (non-hydrogen) atoms. The number of carboxylic acids is 1. The molecule has 9 heteroatoms. The van der Waals surface area contributed by atoms with Crippen LogP contribution in [0.2, 0.25) is 0 Å². The van der Waals surface area contributed by atoms with Crippen molar-refractivity contribution < 1.29 is 33.0 Å². The zero-order valence-electron chi connectivity index (χ0n) is 20.1. The standard InChI is InChI=1S/C28H28F2N2O5/c29-25-22(11-12-23(26(25)30)37-21-9-5-17(6-10-21)15-24(33)34)28(36)32-14-13-31-27(35)20-8-7-18-3-1-2-4-19(18)16-20/h1-4,7-8,11-12,16-17,21H,5-6,9-10,13-15H2,(H,31,35)(H,32,36)(H,33,34)/t17-,21+. The second kappa shape index (κ2) is 11.8. The van der Waals surface area contributed by atoms with E-state index in [1.165, 1.54) is 6.07 Å². The highest BCUT2D eigenvalue weighted by molar-refractivity contribution is 5.98. The number of benzene rings is 3. The van der Waals surface area contributed by atoms with Crippen LogP contribution in [0, 0.1) is 17.6 Å². The Bertz CT molecular complexity index is 1300. The van der Waals surface area contributed by atoms with Gasteiger partial charge < -0.3 is 20.5 Å². The third-order valence-corrected chi connectivity index (χ3v) is 6.55. The molecule has 0 radical (unpaired) electrons. The molecular formula is C28H28F2N2O5. The van der Waals surface area contributed by atoms with Crippen LogP contribution >= 0.6 is 0 Å². The molecule has 1 aliphatic rings. The first-order chi connectivity index (χ1) is 17.8. The first-order valence-electron chi connectivity index (χ1n) is 12.2. The van der Waals surface area contributed by atoms with Crippen LogP contribution in [0.5, 0.6) is 5.75 Å². The number of carbonyl (C=O) groups excluding carboxylic acids is 2. The first-order valence-corrected chi connectivity index (χ1v) is 12.2. The Kier molecular flexibility index (Phi) is 8.32. The number of ether oxygens (including phenoxy) is 1. The first kappa shape index (κ1) is 26.1. The summed E-state index contributed by atoms with van der Waals surface area (Å²) in [5.41, 5.74) is 0.0139. The Balaban J connectivity index is 1.26. The highest BCUT2D eigenvalue weighted by Crippen LogP contribution is 2.31. The molecule has 0 spiro atoms. The minimum atomic E-state index is -1.31. The van der Waals surface area contributed by atoms with Crippen LogP contribution in [-0.2, 0) is 4.79 Å². The molecule has 3 aromatic carbocycles. The lowest BCUT2D eigenvalue weighted by atomic mass is 9.85. The number of amides is 2. The lowest BCUT2D eigenvalue weighted by Crippen LogP contribution is -2.35. The molecule has 1 saturated carbocycles. The maximum atomic E-state index is 14.6. The molecule has 0 bridgehead atoms. The summed E-state index contributed by atoms with van der Waals surface area (Å²) in [5, 5.41) is 16.0. The van der Waals surface area contributed by atoms with Crippen LogP contribution in [0.1, 0.15) is 52.8 Å². The summed E-state index contributed by atoms with van der Waals surface area (Å²) in [7, 11) is 0. The van der Waals surface area contributed by atoms with Gasteiger partial charge >= 0.3 is 5.97 Å². The summed E-state index contributed by atoms with van der Waals surface area (Å²) < 4.78 is 34.8. The van der Waals surface area contributed by atoms with Gasteiger partial charge in [-0.05, 0) is 66.6 Å². The normalized spacial score (nSPS) is 17.2. The van der Waals surface area contributed by atoms with Crippen LogP contribution in [0.25, 0.3) is 10.8 Å². The molecule has 0 atom stereocenters. The Hall–Kier alpha value is -4.01. The Labute approximate surface area is 212 Å². The zero-order chi connectivity index (χ0) is 26.4. The molecule has 2 amide bonds. The number of carbonyl (C=O) groups is 3. The Morgan fingerprint density at radius 2 is 1.51 bits per heavy atom. The molecule has 3 aromatic rings. The number of hydrogen-bond acceptors (Lipinski definition) is 4. The van der Waals surface area contributed by atoms with Gasteiger partial charge in [-0.15, -0.1) is 0 Å². The smallest absolute Gasteiger partial charge is 0.303 e. The fourth-order valence-electron chi connectivity index (χ4n) is 4.56. The van der Waals surface area contributed by atoms with Gasteiger partial charge in [-0.2, -0.15) is 4.39 Å². The fourth-order valence-corrected chi connectivity index (χ4v) is 4.56. The van der Waals surface area contributed by atoms with Crippen molar-refractivity contribution in [1.82, 2.24) is 10.6 Å². The van der Waals surface area contributed by atoms with Crippen molar-refractivity contribution in [2.24, 2.45) is 5.92 Å². The van der Waals surface area contributed by atoms with Gasteiger partial charge in [0.15, 0.2) is 11.6 Å². The SMILES string of the molecule is O=C(O)C[C@H]1CC[C@@H](Oc2ccc(C(=O)NCCNC(=O)c3ccc4ccccc4c3)c(F)c2F)CC1. The second-order valence-corrected chi connectivity index (χ2v) is 9.17. The van der Waals surface area contributed by atoms with Crippen molar-refractivity contribution in [1.29, 1.82) is 0 Å². The van der Waals surface area contributed by atoms with Crippen molar-refractivity contribution >= 4 is 28.6 Å². The zero-order valence-corrected chi connectivity index (χ0v) is 20.1. The molecule has 3 N–H and O–H groups in total. The molecule has 1 aliphatic carbocycles. The lowest BCUT2D eigenvalue weighted by molar-refractivity contribution is -0.138. The summed E-state index contributed by atoms with van der Waals surface area (Å²) in [5.74, 6) is -4.74. The molecule has 7 nitrogen and oxygen atoms in total. The van der Waals surface area contributed by atoms with Crippen molar-refractivity contribution in [3.05, 3.63) is 77.4 Å². The summed E-state index contributed by atoms with van der Waals surface area (Å²) in [6.45, 7) is 0.129. The van der Waals surface area contributed by atoms with E-state index in [9.17, 15) is 23.2 Å². The van der Waals surface area contributed by atoms with E-state index in [4.69, 9.17) is 9.84 Å². The van der Waals surface area contributed by atoms with Gasteiger partial charge in [0, 0.05) is 25.1 Å². The predicted octanol–water partition coefficient (Wildman–Crippen LogP) is 4.69. The van der Waals surface area contributed by atoms with Gasteiger partial charge in [0.1, 0.15) is 0 Å².